The first-order valence-corrected chi connectivity index (χ1v) is 8.14. The molecule has 0 radical (unpaired) electrons. The van der Waals surface area contributed by atoms with Gasteiger partial charge in [0, 0.05) is 25.1 Å². The average molecular weight is 296 g/mol. The fourth-order valence-corrected chi connectivity index (χ4v) is 3.14. The number of carbonyl (C=O) groups is 1. The van der Waals surface area contributed by atoms with E-state index in [9.17, 15) is 4.79 Å². The number of hydrogen-bond donors (Lipinski definition) is 3. The van der Waals surface area contributed by atoms with E-state index < -0.39 is 0 Å². The third-order valence-corrected chi connectivity index (χ3v) is 4.48. The molecule has 1 saturated carbocycles. The van der Waals surface area contributed by atoms with E-state index in [2.05, 4.69) is 17.6 Å². The summed E-state index contributed by atoms with van der Waals surface area (Å²) in [5, 5.41) is 14.8. The van der Waals surface area contributed by atoms with Crippen molar-refractivity contribution in [3.63, 3.8) is 0 Å². The Morgan fingerprint density at radius 3 is 2.86 bits per heavy atom. The maximum absolute atomic E-state index is 11.7. The second-order valence-electron chi connectivity index (χ2n) is 6.24. The molecule has 1 fully saturated rings. The lowest BCUT2D eigenvalue weighted by Crippen LogP contribution is -2.42. The number of nitrogens with one attached hydrogen (secondary N) is 2. The molecule has 0 saturated heterocycles. The molecule has 0 aliphatic heterocycles. The highest BCUT2D eigenvalue weighted by Crippen LogP contribution is 2.25. The summed E-state index contributed by atoms with van der Waals surface area (Å²) in [5.74, 6) is 0.804. The van der Waals surface area contributed by atoms with Gasteiger partial charge in [-0.15, -0.1) is 0 Å². The van der Waals surface area contributed by atoms with Crippen molar-refractivity contribution in [2.75, 3.05) is 19.8 Å². The van der Waals surface area contributed by atoms with Gasteiger partial charge in [-0.05, 0) is 25.2 Å². The molecule has 0 aromatic rings. The van der Waals surface area contributed by atoms with Gasteiger partial charge >= 0.3 is 6.03 Å². The van der Waals surface area contributed by atoms with E-state index in [1.807, 2.05) is 12.2 Å². The van der Waals surface area contributed by atoms with Crippen LogP contribution in [0, 0.1) is 11.8 Å². The molecule has 0 heterocycles. The Morgan fingerprint density at radius 1 is 1.33 bits per heavy atom. The van der Waals surface area contributed by atoms with Crippen molar-refractivity contribution in [3.8, 4) is 0 Å². The Morgan fingerprint density at radius 2 is 2.14 bits per heavy atom. The van der Waals surface area contributed by atoms with E-state index in [1.165, 1.54) is 19.3 Å². The zero-order chi connectivity index (χ0) is 15.1. The van der Waals surface area contributed by atoms with Gasteiger partial charge in [-0.1, -0.05) is 31.9 Å². The summed E-state index contributed by atoms with van der Waals surface area (Å²) in [6.07, 6.45) is 9.99. The van der Waals surface area contributed by atoms with Crippen LogP contribution in [0.25, 0.3) is 0 Å². The van der Waals surface area contributed by atoms with Crippen LogP contribution in [0.1, 0.15) is 39.0 Å². The van der Waals surface area contributed by atoms with Gasteiger partial charge in [0.2, 0.25) is 0 Å². The van der Waals surface area contributed by atoms with Crippen LogP contribution in [0.4, 0.5) is 4.79 Å². The third-order valence-electron chi connectivity index (χ3n) is 4.48. The molecule has 0 bridgehead atoms. The second kappa shape index (κ2) is 8.39. The number of hydrogen-bond acceptors (Lipinski definition) is 3. The van der Waals surface area contributed by atoms with E-state index in [0.717, 1.165) is 12.8 Å². The highest BCUT2D eigenvalue weighted by molar-refractivity contribution is 5.74. The minimum atomic E-state index is -0.163. The minimum Gasteiger partial charge on any atom is -0.396 e. The van der Waals surface area contributed by atoms with Gasteiger partial charge in [-0.3, -0.25) is 0 Å². The molecule has 0 aromatic heterocycles. The maximum atomic E-state index is 11.7. The van der Waals surface area contributed by atoms with Crippen molar-refractivity contribution in [1.82, 2.24) is 10.6 Å². The van der Waals surface area contributed by atoms with Crippen LogP contribution in [0.5, 0.6) is 0 Å². The summed E-state index contributed by atoms with van der Waals surface area (Å²) in [5.41, 5.74) is 0. The van der Waals surface area contributed by atoms with Crippen molar-refractivity contribution in [3.05, 3.63) is 12.2 Å². The Hall–Kier alpha value is -1.07. The number of aliphatic hydroxyl groups excluding tert-OH is 1. The third kappa shape index (κ3) is 5.32. The quantitative estimate of drug-likeness (QED) is 0.517. The van der Waals surface area contributed by atoms with E-state index in [0.29, 0.717) is 25.2 Å². The summed E-state index contributed by atoms with van der Waals surface area (Å²) in [6, 6.07) is -0.134. The predicted molar refractivity (Wildman–Crippen MR) is 82.0 cm³/mol. The Balaban J connectivity index is 1.54. The van der Waals surface area contributed by atoms with E-state index in [-0.39, 0.29) is 24.6 Å². The zero-order valence-electron chi connectivity index (χ0n) is 12.9. The Labute approximate surface area is 127 Å². The largest absolute Gasteiger partial charge is 0.396 e. The first-order valence-electron chi connectivity index (χ1n) is 8.14. The minimum absolute atomic E-state index is 0.0291. The van der Waals surface area contributed by atoms with Crippen molar-refractivity contribution in [1.29, 1.82) is 0 Å². The van der Waals surface area contributed by atoms with Gasteiger partial charge in [0.05, 0.1) is 12.7 Å². The number of urea groups is 1. The molecule has 0 unspecified atom stereocenters. The van der Waals surface area contributed by atoms with Crippen molar-refractivity contribution >= 4 is 6.03 Å². The first kappa shape index (κ1) is 16.3. The van der Waals surface area contributed by atoms with Crippen molar-refractivity contribution in [2.45, 2.75) is 51.2 Å². The first-order chi connectivity index (χ1) is 10.2. The summed E-state index contributed by atoms with van der Waals surface area (Å²) in [7, 11) is 0. The SMILES string of the molecule is C[C@H]1CCCC[C@H]1OCCNC(=O)N[C@@H]1C=C[C@H](CO)C1. The fourth-order valence-electron chi connectivity index (χ4n) is 3.14. The van der Waals surface area contributed by atoms with Gasteiger partial charge in [0.1, 0.15) is 0 Å². The monoisotopic (exact) mass is 296 g/mol. The maximum Gasteiger partial charge on any atom is 0.315 e. The summed E-state index contributed by atoms with van der Waals surface area (Å²) in [4.78, 5) is 11.7. The zero-order valence-corrected chi connectivity index (χ0v) is 12.9. The summed E-state index contributed by atoms with van der Waals surface area (Å²) >= 11 is 0. The molecule has 3 N–H and O–H groups in total. The molecule has 2 amide bonds. The topological polar surface area (TPSA) is 70.6 Å². The number of aliphatic hydroxyl groups is 1. The van der Waals surface area contributed by atoms with Gasteiger partial charge in [-0.2, -0.15) is 0 Å². The second-order valence-corrected chi connectivity index (χ2v) is 6.24. The van der Waals surface area contributed by atoms with E-state index in [1.54, 1.807) is 0 Å². The van der Waals surface area contributed by atoms with Crippen LogP contribution in [-0.2, 0) is 4.74 Å². The molecule has 21 heavy (non-hydrogen) atoms. The van der Waals surface area contributed by atoms with Gasteiger partial charge in [0.25, 0.3) is 0 Å². The number of amides is 2. The summed E-state index contributed by atoms with van der Waals surface area (Å²) in [6.45, 7) is 3.49. The smallest absolute Gasteiger partial charge is 0.315 e. The average Bonchev–Trinajstić information content (AvgIpc) is 2.93. The van der Waals surface area contributed by atoms with Crippen LogP contribution >= 0.6 is 0 Å². The highest BCUT2D eigenvalue weighted by Gasteiger charge is 2.22. The van der Waals surface area contributed by atoms with E-state index >= 15 is 0 Å². The number of ether oxygens (including phenoxy) is 1. The van der Waals surface area contributed by atoms with Crippen molar-refractivity contribution in [2.24, 2.45) is 11.8 Å². The standard InChI is InChI=1S/C16H28N2O3/c1-12-4-2-3-5-15(12)21-9-8-17-16(20)18-14-7-6-13(10-14)11-19/h6-7,12-15,19H,2-5,8-11H2,1H3,(H2,17,18,20)/t12-,13-,14+,15+/m0/s1. The number of rotatable bonds is 6. The van der Waals surface area contributed by atoms with Crippen LogP contribution < -0.4 is 10.6 Å². The highest BCUT2D eigenvalue weighted by atomic mass is 16.5. The molecule has 0 spiro atoms. The lowest BCUT2D eigenvalue weighted by molar-refractivity contribution is -0.00244. The Kier molecular flexibility index (Phi) is 6.51. The molecule has 2 rings (SSSR count). The molecular formula is C16H28N2O3. The van der Waals surface area contributed by atoms with Gasteiger partial charge in [0.15, 0.2) is 0 Å². The normalized spacial score (nSPS) is 32.1. The lowest BCUT2D eigenvalue weighted by atomic mass is 9.88. The molecule has 2 aliphatic rings. The van der Waals surface area contributed by atoms with Crippen LogP contribution in [0.15, 0.2) is 12.2 Å². The van der Waals surface area contributed by atoms with Gasteiger partial charge in [-0.25, -0.2) is 4.79 Å². The summed E-state index contributed by atoms with van der Waals surface area (Å²) < 4.78 is 5.86. The van der Waals surface area contributed by atoms with Gasteiger partial charge < -0.3 is 20.5 Å². The van der Waals surface area contributed by atoms with Crippen LogP contribution in [0.3, 0.4) is 0 Å². The molecule has 5 heteroatoms. The molecule has 5 nitrogen and oxygen atoms in total. The van der Waals surface area contributed by atoms with Crippen LogP contribution in [0.2, 0.25) is 0 Å². The molecule has 4 atom stereocenters. The fraction of sp³-hybridized carbons (Fsp3) is 0.812. The van der Waals surface area contributed by atoms with Crippen LogP contribution in [-0.4, -0.2) is 43.0 Å². The lowest BCUT2D eigenvalue weighted by Gasteiger charge is -2.28. The molecule has 2 aliphatic carbocycles. The van der Waals surface area contributed by atoms with E-state index in [4.69, 9.17) is 9.84 Å². The molecular weight excluding hydrogens is 268 g/mol. The van der Waals surface area contributed by atoms with Crippen molar-refractivity contribution < 1.29 is 14.6 Å². The molecule has 120 valence electrons. The molecule has 0 aromatic carbocycles. The Bertz CT molecular complexity index is 359. The predicted octanol–water partition coefficient (Wildman–Crippen LogP) is 1.82. The number of carbonyl (C=O) groups excluding carboxylic acids is 1.